The molecule has 0 bridgehead atoms. The van der Waals surface area contributed by atoms with Crippen LogP contribution in [0.3, 0.4) is 0 Å². The Morgan fingerprint density at radius 1 is 1.21 bits per heavy atom. The first-order valence-electron chi connectivity index (χ1n) is 7.42. The van der Waals surface area contributed by atoms with E-state index in [1.165, 1.54) is 0 Å². The monoisotopic (exact) mass is 340 g/mol. The zero-order valence-corrected chi connectivity index (χ0v) is 14.2. The molecular formula is C18H17ClN4O. The van der Waals surface area contributed by atoms with Gasteiger partial charge in [-0.2, -0.15) is 0 Å². The molecule has 3 rings (SSSR count). The van der Waals surface area contributed by atoms with Gasteiger partial charge in [-0.25, -0.2) is 0 Å². The van der Waals surface area contributed by atoms with Crippen LogP contribution in [0.1, 0.15) is 18.1 Å². The zero-order chi connectivity index (χ0) is 17.3. The minimum atomic E-state index is 0.200. The first-order valence-corrected chi connectivity index (χ1v) is 7.80. The molecule has 0 amide bonds. The highest BCUT2D eigenvalue weighted by Crippen LogP contribution is 2.31. The lowest BCUT2D eigenvalue weighted by atomic mass is 9.99. The summed E-state index contributed by atoms with van der Waals surface area (Å²) in [6, 6.07) is 13.0. The molecule has 0 saturated carbocycles. The number of halogens is 1. The van der Waals surface area contributed by atoms with Crippen molar-refractivity contribution in [3.63, 3.8) is 0 Å². The molecule has 0 radical (unpaired) electrons. The minimum absolute atomic E-state index is 0.200. The lowest BCUT2D eigenvalue weighted by Gasteiger charge is -2.24. The van der Waals surface area contributed by atoms with Crippen molar-refractivity contribution < 1.29 is 4.74 Å². The molecule has 5 nitrogen and oxygen atoms in total. The number of anilines is 1. The van der Waals surface area contributed by atoms with Gasteiger partial charge in [0.25, 0.3) is 0 Å². The number of amidine groups is 2. The van der Waals surface area contributed by atoms with Crippen molar-refractivity contribution in [1.29, 1.82) is 10.8 Å². The third-order valence-electron chi connectivity index (χ3n) is 3.81. The number of benzodiazepines with no additional fused rings is 1. The number of rotatable bonds is 2. The summed E-state index contributed by atoms with van der Waals surface area (Å²) in [7, 11) is 1.61. The van der Waals surface area contributed by atoms with Crippen LogP contribution in [0, 0.1) is 10.8 Å². The van der Waals surface area contributed by atoms with Gasteiger partial charge in [-0.05, 0) is 37.3 Å². The Morgan fingerprint density at radius 3 is 2.54 bits per heavy atom. The Bertz CT molecular complexity index is 843. The molecule has 6 heteroatoms. The summed E-state index contributed by atoms with van der Waals surface area (Å²) in [6.45, 7) is 1.86. The van der Waals surface area contributed by atoms with Gasteiger partial charge >= 0.3 is 0 Å². The van der Waals surface area contributed by atoms with Crippen molar-refractivity contribution >= 4 is 34.7 Å². The highest BCUT2D eigenvalue weighted by atomic mass is 35.5. The van der Waals surface area contributed by atoms with Crippen molar-refractivity contribution in [1.82, 2.24) is 0 Å². The van der Waals surface area contributed by atoms with Gasteiger partial charge in [-0.3, -0.25) is 20.7 Å². The van der Waals surface area contributed by atoms with Gasteiger partial charge in [0.05, 0.1) is 25.1 Å². The zero-order valence-electron chi connectivity index (χ0n) is 13.4. The predicted molar refractivity (Wildman–Crippen MR) is 98.6 cm³/mol. The van der Waals surface area contributed by atoms with Crippen LogP contribution in [0.2, 0.25) is 5.02 Å². The van der Waals surface area contributed by atoms with Crippen LogP contribution < -0.4 is 9.64 Å². The fraction of sp³-hybridized carbons (Fsp3) is 0.167. The van der Waals surface area contributed by atoms with E-state index in [1.807, 2.05) is 42.5 Å². The number of aliphatic imine (C=N–C) groups is 1. The van der Waals surface area contributed by atoms with Crippen molar-refractivity contribution in [3.8, 4) is 5.75 Å². The number of fused-ring (bicyclic) bond motifs is 1. The Labute approximate surface area is 145 Å². The molecule has 0 spiro atoms. The lowest BCUT2D eigenvalue weighted by Crippen LogP contribution is -2.35. The molecule has 2 N–H and O–H groups in total. The SMILES string of the molecule is COc1ccc2c(c1)C(c1ccc(Cl)cc1)=NCC(=N)N2C(C)=N. The van der Waals surface area contributed by atoms with E-state index in [-0.39, 0.29) is 18.2 Å². The second-order valence-electron chi connectivity index (χ2n) is 5.42. The van der Waals surface area contributed by atoms with Crippen molar-refractivity contribution in [3.05, 3.63) is 58.6 Å². The summed E-state index contributed by atoms with van der Waals surface area (Å²) in [4.78, 5) is 6.21. The molecule has 2 aromatic carbocycles. The van der Waals surface area contributed by atoms with E-state index in [1.54, 1.807) is 18.9 Å². The van der Waals surface area contributed by atoms with E-state index < -0.39 is 0 Å². The summed E-state index contributed by atoms with van der Waals surface area (Å²) >= 11 is 5.99. The number of ether oxygens (including phenoxy) is 1. The standard InChI is InChI=1S/C18H17ClN4O/c1-11(20)23-16-8-7-14(24-2)9-15(16)18(22-10-17(23)21)12-3-5-13(19)6-4-12/h3-9,20-21H,10H2,1-2H3. The molecule has 0 aromatic heterocycles. The molecule has 1 aliphatic rings. The Morgan fingerprint density at radius 2 is 1.92 bits per heavy atom. The summed E-state index contributed by atoms with van der Waals surface area (Å²) in [5.41, 5.74) is 3.24. The maximum absolute atomic E-state index is 8.26. The summed E-state index contributed by atoms with van der Waals surface area (Å²) in [5, 5.41) is 16.9. The van der Waals surface area contributed by atoms with E-state index in [0.29, 0.717) is 10.8 Å². The van der Waals surface area contributed by atoms with Gasteiger partial charge in [0.2, 0.25) is 0 Å². The minimum Gasteiger partial charge on any atom is -0.497 e. The second-order valence-corrected chi connectivity index (χ2v) is 5.86. The molecular weight excluding hydrogens is 324 g/mol. The Hall–Kier alpha value is -2.66. The van der Waals surface area contributed by atoms with Crippen LogP contribution >= 0.6 is 11.6 Å². The van der Waals surface area contributed by atoms with Crippen LogP contribution in [0.4, 0.5) is 5.69 Å². The molecule has 2 aromatic rings. The molecule has 0 saturated heterocycles. The number of hydrogen-bond acceptors (Lipinski definition) is 4. The highest BCUT2D eigenvalue weighted by molar-refractivity contribution is 6.31. The van der Waals surface area contributed by atoms with Gasteiger partial charge in [-0.15, -0.1) is 0 Å². The van der Waals surface area contributed by atoms with Gasteiger partial charge in [0.1, 0.15) is 17.4 Å². The van der Waals surface area contributed by atoms with Gasteiger partial charge < -0.3 is 4.74 Å². The van der Waals surface area contributed by atoms with E-state index in [4.69, 9.17) is 27.2 Å². The smallest absolute Gasteiger partial charge is 0.128 e. The topological polar surface area (TPSA) is 72.5 Å². The van der Waals surface area contributed by atoms with Gasteiger partial charge in [0, 0.05) is 16.1 Å². The number of benzene rings is 2. The van der Waals surface area contributed by atoms with E-state index in [9.17, 15) is 0 Å². The van der Waals surface area contributed by atoms with Crippen LogP contribution in [0.5, 0.6) is 5.75 Å². The quantitative estimate of drug-likeness (QED) is 0.641. The van der Waals surface area contributed by atoms with E-state index in [2.05, 4.69) is 4.99 Å². The average Bonchev–Trinajstić information content (AvgIpc) is 2.71. The summed E-state index contributed by atoms with van der Waals surface area (Å²) in [5.74, 6) is 1.24. The largest absolute Gasteiger partial charge is 0.497 e. The van der Waals surface area contributed by atoms with Crippen molar-refractivity contribution in [2.24, 2.45) is 4.99 Å². The number of methoxy groups -OCH3 is 1. The maximum Gasteiger partial charge on any atom is 0.128 e. The first-order chi connectivity index (χ1) is 11.5. The van der Waals surface area contributed by atoms with E-state index >= 15 is 0 Å². The van der Waals surface area contributed by atoms with Crippen LogP contribution in [-0.2, 0) is 0 Å². The number of nitrogens with one attached hydrogen (secondary N) is 2. The second kappa shape index (κ2) is 6.45. The molecule has 0 unspecified atom stereocenters. The molecule has 0 aliphatic carbocycles. The average molecular weight is 341 g/mol. The van der Waals surface area contributed by atoms with Crippen molar-refractivity contribution in [2.75, 3.05) is 18.6 Å². The summed E-state index contributed by atoms with van der Waals surface area (Å²) < 4.78 is 5.34. The van der Waals surface area contributed by atoms with Gasteiger partial charge in [-0.1, -0.05) is 23.7 Å². The lowest BCUT2D eigenvalue weighted by molar-refractivity contribution is 0.415. The molecule has 1 heterocycles. The fourth-order valence-electron chi connectivity index (χ4n) is 2.72. The summed E-state index contributed by atoms with van der Waals surface area (Å²) in [6.07, 6.45) is 0. The third-order valence-corrected chi connectivity index (χ3v) is 4.06. The Kier molecular flexibility index (Phi) is 4.36. The molecule has 1 aliphatic heterocycles. The first kappa shape index (κ1) is 16.2. The van der Waals surface area contributed by atoms with Crippen LogP contribution in [0.15, 0.2) is 47.5 Å². The third kappa shape index (κ3) is 2.90. The molecule has 0 fully saturated rings. The van der Waals surface area contributed by atoms with E-state index in [0.717, 1.165) is 22.5 Å². The molecule has 122 valence electrons. The highest BCUT2D eigenvalue weighted by Gasteiger charge is 2.25. The molecule has 0 atom stereocenters. The predicted octanol–water partition coefficient (Wildman–Crippen LogP) is 3.98. The number of nitrogens with zero attached hydrogens (tertiary/aromatic N) is 2. The maximum atomic E-state index is 8.26. The van der Waals surface area contributed by atoms with Crippen LogP contribution in [-0.4, -0.2) is 31.0 Å². The number of hydrogen-bond donors (Lipinski definition) is 2. The van der Waals surface area contributed by atoms with Gasteiger partial charge in [0.15, 0.2) is 0 Å². The fourth-order valence-corrected chi connectivity index (χ4v) is 2.85. The van der Waals surface area contributed by atoms with Crippen LogP contribution in [0.25, 0.3) is 0 Å². The normalized spacial score (nSPS) is 13.9. The Balaban J connectivity index is 2.23. The molecule has 24 heavy (non-hydrogen) atoms. The van der Waals surface area contributed by atoms with Crippen molar-refractivity contribution in [2.45, 2.75) is 6.92 Å².